The van der Waals surface area contributed by atoms with E-state index in [4.69, 9.17) is 27.6 Å². The molecule has 2 fully saturated rings. The molecule has 2 aromatic rings. The summed E-state index contributed by atoms with van der Waals surface area (Å²) in [4.78, 5) is 6.33. The van der Waals surface area contributed by atoms with Gasteiger partial charge in [0.05, 0.1) is 15.5 Å². The lowest BCUT2D eigenvalue weighted by atomic mass is 9.81. The van der Waals surface area contributed by atoms with Crippen molar-refractivity contribution in [3.63, 3.8) is 0 Å². The maximum absolute atomic E-state index is 12.5. The van der Waals surface area contributed by atoms with Gasteiger partial charge in [-0.2, -0.15) is 4.98 Å². The van der Waals surface area contributed by atoms with E-state index < -0.39 is 14.6 Å². The monoisotopic (exact) mass is 374 g/mol. The zero-order chi connectivity index (χ0) is 16.2. The summed E-state index contributed by atoms with van der Waals surface area (Å²) in [5, 5.41) is 0.901. The number of fused-ring (bicyclic) bond motifs is 1. The summed E-state index contributed by atoms with van der Waals surface area (Å²) in [5.74, 6) is 0.139. The third-order valence-corrected chi connectivity index (χ3v) is 8.21. The summed E-state index contributed by atoms with van der Waals surface area (Å²) in [6, 6.07) is 3.71. The van der Waals surface area contributed by atoms with E-state index in [1.807, 2.05) is 4.90 Å². The van der Waals surface area contributed by atoms with Gasteiger partial charge in [-0.05, 0) is 31.4 Å². The number of hydrogen-bond acceptors (Lipinski definition) is 5. The van der Waals surface area contributed by atoms with Crippen LogP contribution in [0.15, 0.2) is 16.5 Å². The third kappa shape index (κ3) is 2.42. The molecule has 1 spiro atoms. The van der Waals surface area contributed by atoms with Crippen LogP contribution in [-0.4, -0.2) is 37.0 Å². The largest absolute Gasteiger partial charge is 0.422 e. The smallest absolute Gasteiger partial charge is 0.298 e. The van der Waals surface area contributed by atoms with E-state index in [2.05, 4.69) is 4.98 Å². The van der Waals surface area contributed by atoms with Gasteiger partial charge in [0, 0.05) is 18.1 Å². The van der Waals surface area contributed by atoms with Gasteiger partial charge in [-0.1, -0.05) is 29.6 Å². The normalized spacial score (nSPS) is 23.0. The van der Waals surface area contributed by atoms with Gasteiger partial charge in [0.15, 0.2) is 15.4 Å². The molecular formula is C15H16Cl2N2O3S. The molecule has 0 unspecified atom stereocenters. The molecule has 1 aromatic heterocycles. The fraction of sp³-hybridized carbons (Fsp3) is 0.533. The van der Waals surface area contributed by atoms with Gasteiger partial charge in [0.2, 0.25) is 0 Å². The maximum Gasteiger partial charge on any atom is 0.298 e. The lowest BCUT2D eigenvalue weighted by molar-refractivity contribution is 0.323. The average Bonchev–Trinajstić information content (AvgIpc) is 2.77. The molecule has 23 heavy (non-hydrogen) atoms. The molecule has 1 saturated carbocycles. The summed E-state index contributed by atoms with van der Waals surface area (Å²) >= 11 is 12.1. The van der Waals surface area contributed by atoms with Crippen LogP contribution in [0, 0.1) is 0 Å². The summed E-state index contributed by atoms with van der Waals surface area (Å²) in [6.07, 6.45) is 3.18. The van der Waals surface area contributed by atoms with E-state index in [1.165, 1.54) is 0 Å². The van der Waals surface area contributed by atoms with E-state index in [0.717, 1.165) is 19.3 Å². The van der Waals surface area contributed by atoms with Crippen LogP contribution in [-0.2, 0) is 9.84 Å². The summed E-state index contributed by atoms with van der Waals surface area (Å²) < 4.78 is 30.3. The molecule has 1 aliphatic carbocycles. The minimum Gasteiger partial charge on any atom is -0.422 e. The molecule has 0 radical (unpaired) electrons. The molecule has 0 amide bonds. The Morgan fingerprint density at radius 1 is 1.17 bits per heavy atom. The van der Waals surface area contributed by atoms with Gasteiger partial charge in [-0.25, -0.2) is 8.42 Å². The molecule has 0 N–H and O–H groups in total. The third-order valence-electron chi connectivity index (χ3n) is 5.06. The van der Waals surface area contributed by atoms with Gasteiger partial charge in [0.1, 0.15) is 5.52 Å². The lowest BCUT2D eigenvalue weighted by Crippen LogP contribution is -2.46. The van der Waals surface area contributed by atoms with Crippen molar-refractivity contribution < 1.29 is 12.8 Å². The average molecular weight is 375 g/mol. The van der Waals surface area contributed by atoms with E-state index in [1.54, 1.807) is 12.1 Å². The van der Waals surface area contributed by atoms with E-state index in [9.17, 15) is 8.42 Å². The van der Waals surface area contributed by atoms with Gasteiger partial charge in [0.25, 0.3) is 6.01 Å². The maximum atomic E-state index is 12.5. The van der Waals surface area contributed by atoms with Crippen LogP contribution >= 0.6 is 23.2 Å². The minimum absolute atomic E-state index is 0.139. The minimum atomic E-state index is -3.07. The molecule has 0 bridgehead atoms. The molecular weight excluding hydrogens is 359 g/mol. The van der Waals surface area contributed by atoms with Crippen LogP contribution < -0.4 is 4.90 Å². The van der Waals surface area contributed by atoms with Crippen molar-refractivity contribution in [3.05, 3.63) is 22.2 Å². The Balaban J connectivity index is 1.68. The molecule has 5 nitrogen and oxygen atoms in total. The Bertz CT molecular complexity index is 874. The van der Waals surface area contributed by atoms with Gasteiger partial charge < -0.3 is 9.32 Å². The molecule has 1 saturated heterocycles. The zero-order valence-electron chi connectivity index (χ0n) is 12.4. The van der Waals surface area contributed by atoms with Crippen molar-refractivity contribution in [2.45, 2.75) is 30.4 Å². The lowest BCUT2D eigenvalue weighted by Gasteiger charge is -2.39. The highest BCUT2D eigenvalue weighted by atomic mass is 35.5. The Hall–Kier alpha value is -0.980. The second kappa shape index (κ2) is 5.26. The first kappa shape index (κ1) is 15.5. The predicted molar refractivity (Wildman–Crippen MR) is 91.2 cm³/mol. The van der Waals surface area contributed by atoms with Crippen LogP contribution in [0.5, 0.6) is 0 Å². The number of sulfone groups is 1. The predicted octanol–water partition coefficient (Wildman–Crippen LogP) is 3.68. The second-order valence-corrected chi connectivity index (χ2v) is 9.67. The Morgan fingerprint density at radius 3 is 2.65 bits per heavy atom. The highest BCUT2D eigenvalue weighted by Crippen LogP contribution is 2.44. The summed E-state index contributed by atoms with van der Waals surface area (Å²) in [6.45, 7) is 1.01. The number of halogens is 2. The summed E-state index contributed by atoms with van der Waals surface area (Å²) in [7, 11) is -3.07. The molecule has 124 valence electrons. The van der Waals surface area contributed by atoms with Crippen molar-refractivity contribution in [1.82, 2.24) is 4.98 Å². The second-order valence-electron chi connectivity index (χ2n) is 6.32. The molecule has 2 aliphatic rings. The zero-order valence-corrected chi connectivity index (χ0v) is 14.7. The number of oxazole rings is 1. The molecule has 4 rings (SSSR count). The molecule has 8 heteroatoms. The van der Waals surface area contributed by atoms with E-state index in [-0.39, 0.29) is 5.75 Å². The van der Waals surface area contributed by atoms with Crippen LogP contribution in [0.2, 0.25) is 10.0 Å². The fourth-order valence-corrected chi connectivity index (χ4v) is 6.19. The van der Waals surface area contributed by atoms with E-state index in [0.29, 0.717) is 46.7 Å². The number of rotatable bonds is 1. The van der Waals surface area contributed by atoms with Crippen LogP contribution in [0.25, 0.3) is 11.1 Å². The van der Waals surface area contributed by atoms with Gasteiger partial charge in [-0.3, -0.25) is 0 Å². The Morgan fingerprint density at radius 2 is 1.96 bits per heavy atom. The van der Waals surface area contributed by atoms with Gasteiger partial charge >= 0.3 is 0 Å². The highest BCUT2D eigenvalue weighted by Gasteiger charge is 2.49. The number of benzene rings is 1. The Kier molecular flexibility index (Phi) is 3.55. The first-order valence-electron chi connectivity index (χ1n) is 7.63. The molecule has 1 aromatic carbocycles. The SMILES string of the molecule is O=S1(=O)CCN(c2nc3cc(Cl)cc(Cl)c3o2)CCC12CCC2. The number of hydrogen-bond donors (Lipinski definition) is 0. The fourth-order valence-electron chi connectivity index (χ4n) is 3.46. The van der Waals surface area contributed by atoms with Crippen LogP contribution in [0.3, 0.4) is 0 Å². The standard InChI is InChI=1S/C15H16Cl2N2O3S/c16-10-8-11(17)13-12(9-10)18-14(22-13)19-5-4-15(2-1-3-15)23(20,21)7-6-19/h8-9H,1-7H2. The molecule has 1 aliphatic heterocycles. The Labute approximate surface area is 144 Å². The number of aromatic nitrogens is 1. The van der Waals surface area contributed by atoms with Crippen LogP contribution in [0.4, 0.5) is 6.01 Å². The van der Waals surface area contributed by atoms with Crippen molar-refractivity contribution in [2.24, 2.45) is 0 Å². The number of anilines is 1. The van der Waals surface area contributed by atoms with Crippen molar-refractivity contribution in [3.8, 4) is 0 Å². The summed E-state index contributed by atoms with van der Waals surface area (Å²) in [5.41, 5.74) is 1.07. The molecule has 2 heterocycles. The van der Waals surface area contributed by atoms with Crippen molar-refractivity contribution >= 4 is 50.2 Å². The first-order chi connectivity index (χ1) is 10.9. The van der Waals surface area contributed by atoms with Gasteiger partial charge in [-0.15, -0.1) is 0 Å². The van der Waals surface area contributed by atoms with Crippen LogP contribution in [0.1, 0.15) is 25.7 Å². The van der Waals surface area contributed by atoms with Crippen molar-refractivity contribution in [2.75, 3.05) is 23.7 Å². The molecule has 0 atom stereocenters. The highest BCUT2D eigenvalue weighted by molar-refractivity contribution is 7.92. The quantitative estimate of drug-likeness (QED) is 0.761. The number of nitrogens with zero attached hydrogens (tertiary/aromatic N) is 2. The van der Waals surface area contributed by atoms with E-state index >= 15 is 0 Å². The first-order valence-corrected chi connectivity index (χ1v) is 10.0. The van der Waals surface area contributed by atoms with Crippen molar-refractivity contribution in [1.29, 1.82) is 0 Å². The topological polar surface area (TPSA) is 63.4 Å².